The molecule has 36 heavy (non-hydrogen) atoms. The van der Waals surface area contributed by atoms with Gasteiger partial charge in [0.05, 0.1) is 35.6 Å². The van der Waals surface area contributed by atoms with E-state index in [-0.39, 0.29) is 17.6 Å². The maximum absolute atomic E-state index is 15.1. The van der Waals surface area contributed by atoms with E-state index in [9.17, 15) is 9.59 Å². The van der Waals surface area contributed by atoms with Gasteiger partial charge in [0, 0.05) is 11.4 Å². The normalized spacial score (nSPS) is 14.7. The summed E-state index contributed by atoms with van der Waals surface area (Å²) in [5.41, 5.74) is 2.23. The highest BCUT2D eigenvalue weighted by atomic mass is 19.1. The molecule has 0 bridgehead atoms. The number of nitrogens with one attached hydrogen (secondary N) is 2. The highest BCUT2D eigenvalue weighted by molar-refractivity contribution is 5.95. The van der Waals surface area contributed by atoms with E-state index in [1.807, 2.05) is 29.7 Å². The number of H-pyrrole nitrogens is 1. The molecule has 0 unspecified atom stereocenters. The number of hydrogen-bond donors (Lipinski definition) is 2. The summed E-state index contributed by atoms with van der Waals surface area (Å²) in [5.74, 6) is -0.556. The average molecular weight is 494 g/mol. The summed E-state index contributed by atoms with van der Waals surface area (Å²) in [7, 11) is 1.26. The topological polar surface area (TPSA) is 111 Å². The zero-order chi connectivity index (χ0) is 25.8. The molecule has 0 saturated heterocycles. The SMILES string of the molecule is COC(=O)c1cc(F)c2c(c1)nc(-c1cc3ccc([C@@H](C)NC(=O)OC(C)(C)C)nc3[nH]1)n2C1CC1. The van der Waals surface area contributed by atoms with Gasteiger partial charge in [-0.2, -0.15) is 0 Å². The van der Waals surface area contributed by atoms with Crippen molar-refractivity contribution in [3.05, 3.63) is 47.4 Å². The Bertz CT molecular complexity index is 1500. The molecule has 1 fully saturated rings. The van der Waals surface area contributed by atoms with Gasteiger partial charge in [-0.05, 0) is 70.9 Å². The number of fused-ring (bicyclic) bond motifs is 2. The summed E-state index contributed by atoms with van der Waals surface area (Å²) in [6.45, 7) is 7.24. The van der Waals surface area contributed by atoms with E-state index in [1.165, 1.54) is 13.2 Å². The van der Waals surface area contributed by atoms with Gasteiger partial charge in [-0.15, -0.1) is 0 Å². The van der Waals surface area contributed by atoms with Crippen LogP contribution in [0.2, 0.25) is 0 Å². The zero-order valence-electron chi connectivity index (χ0n) is 20.8. The molecule has 188 valence electrons. The maximum atomic E-state index is 15.1. The van der Waals surface area contributed by atoms with Gasteiger partial charge in [-0.25, -0.2) is 23.9 Å². The number of carbonyl (C=O) groups is 2. The Kier molecular flexibility index (Phi) is 5.69. The van der Waals surface area contributed by atoms with Crippen LogP contribution in [0.3, 0.4) is 0 Å². The number of pyridine rings is 1. The van der Waals surface area contributed by atoms with Crippen LogP contribution in [-0.4, -0.2) is 44.3 Å². The molecule has 1 atom stereocenters. The van der Waals surface area contributed by atoms with Gasteiger partial charge in [-0.1, -0.05) is 0 Å². The number of halogens is 1. The number of carbonyl (C=O) groups excluding carboxylic acids is 2. The molecular weight excluding hydrogens is 465 g/mol. The molecule has 0 spiro atoms. The molecule has 0 radical (unpaired) electrons. The number of alkyl carbamates (subject to hydrolysis) is 1. The van der Waals surface area contributed by atoms with Crippen LogP contribution < -0.4 is 5.32 Å². The van der Waals surface area contributed by atoms with E-state index in [2.05, 4.69) is 15.3 Å². The quantitative estimate of drug-likeness (QED) is 0.359. The lowest BCUT2D eigenvalue weighted by molar-refractivity contribution is 0.0506. The van der Waals surface area contributed by atoms with Crippen LogP contribution in [0.1, 0.15) is 68.7 Å². The van der Waals surface area contributed by atoms with Gasteiger partial charge < -0.3 is 24.3 Å². The monoisotopic (exact) mass is 493 g/mol. The first-order valence-electron chi connectivity index (χ1n) is 11.8. The Balaban J connectivity index is 1.51. The molecule has 1 saturated carbocycles. The largest absolute Gasteiger partial charge is 0.465 e. The first-order chi connectivity index (χ1) is 17.0. The number of methoxy groups -OCH3 is 1. The molecule has 10 heteroatoms. The number of hydrogen-bond acceptors (Lipinski definition) is 6. The van der Waals surface area contributed by atoms with Gasteiger partial charge in [0.1, 0.15) is 22.6 Å². The highest BCUT2D eigenvalue weighted by Gasteiger charge is 2.31. The molecule has 0 aliphatic heterocycles. The number of aromatic amines is 1. The second-order valence-corrected chi connectivity index (χ2v) is 10.1. The van der Waals surface area contributed by atoms with E-state index in [1.54, 1.807) is 26.8 Å². The van der Waals surface area contributed by atoms with E-state index in [0.29, 0.717) is 33.9 Å². The molecule has 4 aromatic rings. The van der Waals surface area contributed by atoms with Crippen LogP contribution in [0.4, 0.5) is 9.18 Å². The van der Waals surface area contributed by atoms with Crippen molar-refractivity contribution >= 4 is 34.1 Å². The number of nitrogens with zero attached hydrogens (tertiary/aromatic N) is 3. The van der Waals surface area contributed by atoms with Gasteiger partial charge in [0.2, 0.25) is 0 Å². The van der Waals surface area contributed by atoms with E-state index in [4.69, 9.17) is 14.5 Å². The van der Waals surface area contributed by atoms with E-state index >= 15 is 4.39 Å². The second kappa shape index (κ2) is 8.61. The third kappa shape index (κ3) is 4.50. The Hall–Kier alpha value is -3.95. The molecule has 1 amide bonds. The Morgan fingerprint density at radius 1 is 1.19 bits per heavy atom. The number of esters is 1. The number of imidazole rings is 1. The number of ether oxygens (including phenoxy) is 2. The predicted octanol–water partition coefficient (Wildman–Crippen LogP) is 5.43. The molecule has 1 aliphatic carbocycles. The number of amides is 1. The fourth-order valence-electron chi connectivity index (χ4n) is 4.24. The third-order valence-electron chi connectivity index (χ3n) is 5.99. The highest BCUT2D eigenvalue weighted by Crippen LogP contribution is 2.42. The molecular formula is C26H28FN5O4. The first-order valence-corrected chi connectivity index (χ1v) is 11.8. The van der Waals surface area contributed by atoms with Crippen molar-refractivity contribution in [2.24, 2.45) is 0 Å². The summed E-state index contributed by atoms with van der Waals surface area (Å²) in [6, 6.07) is 8.16. The van der Waals surface area contributed by atoms with Crippen LogP contribution in [0.25, 0.3) is 33.6 Å². The van der Waals surface area contributed by atoms with Crippen molar-refractivity contribution in [3.63, 3.8) is 0 Å². The Labute approximate surface area is 207 Å². The summed E-state index contributed by atoms with van der Waals surface area (Å²) in [5, 5.41) is 3.65. The molecule has 5 rings (SSSR count). The van der Waals surface area contributed by atoms with E-state index < -0.39 is 23.5 Å². The summed E-state index contributed by atoms with van der Waals surface area (Å²) < 4.78 is 27.1. The Morgan fingerprint density at radius 3 is 2.61 bits per heavy atom. The van der Waals surface area contributed by atoms with Crippen molar-refractivity contribution < 1.29 is 23.5 Å². The van der Waals surface area contributed by atoms with Gasteiger partial charge in [0.25, 0.3) is 0 Å². The summed E-state index contributed by atoms with van der Waals surface area (Å²) >= 11 is 0. The van der Waals surface area contributed by atoms with Crippen LogP contribution in [0.5, 0.6) is 0 Å². The lowest BCUT2D eigenvalue weighted by Crippen LogP contribution is -2.34. The summed E-state index contributed by atoms with van der Waals surface area (Å²) in [4.78, 5) is 36.8. The lowest BCUT2D eigenvalue weighted by atomic mass is 10.2. The van der Waals surface area contributed by atoms with Gasteiger partial charge in [-0.3, -0.25) is 0 Å². The second-order valence-electron chi connectivity index (χ2n) is 10.1. The van der Waals surface area contributed by atoms with Gasteiger partial charge >= 0.3 is 12.1 Å². The lowest BCUT2D eigenvalue weighted by Gasteiger charge is -2.21. The molecule has 1 aliphatic rings. The fourth-order valence-corrected chi connectivity index (χ4v) is 4.24. The predicted molar refractivity (Wildman–Crippen MR) is 132 cm³/mol. The van der Waals surface area contributed by atoms with Crippen molar-refractivity contribution in [2.75, 3.05) is 7.11 Å². The van der Waals surface area contributed by atoms with E-state index in [0.717, 1.165) is 18.2 Å². The summed E-state index contributed by atoms with van der Waals surface area (Å²) in [6.07, 6.45) is 1.33. The molecule has 1 aromatic carbocycles. The van der Waals surface area contributed by atoms with Crippen molar-refractivity contribution in [3.8, 4) is 11.5 Å². The molecule has 3 aromatic heterocycles. The minimum atomic E-state index is -0.616. The molecule has 2 N–H and O–H groups in total. The van der Waals surface area contributed by atoms with Gasteiger partial charge in [0.15, 0.2) is 5.82 Å². The minimum Gasteiger partial charge on any atom is -0.465 e. The van der Waals surface area contributed by atoms with Crippen molar-refractivity contribution in [2.45, 2.75) is 58.2 Å². The third-order valence-corrected chi connectivity index (χ3v) is 5.99. The van der Waals surface area contributed by atoms with Crippen LogP contribution in [0.15, 0.2) is 30.3 Å². The molecule has 3 heterocycles. The van der Waals surface area contributed by atoms with Crippen molar-refractivity contribution in [1.29, 1.82) is 0 Å². The number of rotatable bonds is 5. The zero-order valence-corrected chi connectivity index (χ0v) is 20.8. The Morgan fingerprint density at radius 2 is 1.94 bits per heavy atom. The average Bonchev–Trinajstić information content (AvgIpc) is 3.42. The standard InChI is InChI=1S/C26H28FN5O4/c1-13(28-25(34)36-26(2,3)4)18-9-6-14-11-20(30-22(14)29-18)23-31-19-12-15(24(33)35-5)10-17(27)21(19)32(23)16-7-8-16/h6,9-13,16H,7-8H2,1-5H3,(H,28,34)(H,29,30)/t13-/m1/s1. The minimum absolute atomic E-state index is 0.115. The van der Waals surface area contributed by atoms with Crippen LogP contribution in [0, 0.1) is 5.82 Å². The number of benzene rings is 1. The van der Waals surface area contributed by atoms with Crippen LogP contribution >= 0.6 is 0 Å². The smallest absolute Gasteiger partial charge is 0.408 e. The molecule has 9 nitrogen and oxygen atoms in total. The number of aromatic nitrogens is 4. The fraction of sp³-hybridized carbons (Fsp3) is 0.385. The first kappa shape index (κ1) is 23.8. The van der Waals surface area contributed by atoms with Crippen LogP contribution in [-0.2, 0) is 9.47 Å². The maximum Gasteiger partial charge on any atom is 0.408 e. The van der Waals surface area contributed by atoms with Crippen molar-refractivity contribution in [1.82, 2.24) is 24.8 Å².